The third-order valence-electron chi connectivity index (χ3n) is 5.53. The number of carbonyl (C=O) groups excluding carboxylic acids is 2. The molecule has 7 heteroatoms. The van der Waals surface area contributed by atoms with Crippen molar-refractivity contribution >= 4 is 17.6 Å². The van der Waals surface area contributed by atoms with Crippen LogP contribution in [0.5, 0.6) is 5.75 Å². The van der Waals surface area contributed by atoms with Gasteiger partial charge in [0.2, 0.25) is 0 Å². The van der Waals surface area contributed by atoms with Gasteiger partial charge in [0.05, 0.1) is 43.1 Å². The number of methoxy groups -OCH3 is 2. The van der Waals surface area contributed by atoms with Gasteiger partial charge in [-0.15, -0.1) is 0 Å². The van der Waals surface area contributed by atoms with Gasteiger partial charge < -0.3 is 14.8 Å². The maximum absolute atomic E-state index is 12.9. The molecule has 1 aromatic heterocycles. The summed E-state index contributed by atoms with van der Waals surface area (Å²) in [5, 5.41) is 2.78. The maximum atomic E-state index is 12.9. The molecule has 1 N–H and O–H groups in total. The largest absolute Gasteiger partial charge is 0.495 e. The molecule has 0 atom stereocenters. The van der Waals surface area contributed by atoms with Crippen molar-refractivity contribution in [3.8, 4) is 5.75 Å². The summed E-state index contributed by atoms with van der Waals surface area (Å²) < 4.78 is 10.0. The Morgan fingerprint density at radius 3 is 2.31 bits per heavy atom. The number of benzene rings is 1. The van der Waals surface area contributed by atoms with Crippen LogP contribution in [0, 0.1) is 0 Å². The van der Waals surface area contributed by atoms with Crippen molar-refractivity contribution < 1.29 is 19.1 Å². The lowest BCUT2D eigenvalue weighted by atomic mass is 9.67. The highest BCUT2D eigenvalue weighted by atomic mass is 16.5. The monoisotopic (exact) mass is 397 g/mol. The number of amides is 1. The van der Waals surface area contributed by atoms with Gasteiger partial charge in [-0.05, 0) is 31.0 Å². The number of nitrogens with zero attached hydrogens (tertiary/aromatic N) is 2. The average Bonchev–Trinajstić information content (AvgIpc) is 2.70. The summed E-state index contributed by atoms with van der Waals surface area (Å²) in [7, 11) is 2.79. The molecule has 1 aliphatic rings. The lowest BCUT2D eigenvalue weighted by molar-refractivity contribution is 0.0600. The van der Waals surface area contributed by atoms with E-state index in [1.54, 1.807) is 12.1 Å². The van der Waals surface area contributed by atoms with E-state index in [1.165, 1.54) is 26.5 Å². The molecule has 0 aliphatic heterocycles. The van der Waals surface area contributed by atoms with Crippen LogP contribution in [-0.4, -0.2) is 36.1 Å². The topological polar surface area (TPSA) is 90.4 Å². The molecule has 1 aliphatic carbocycles. The predicted octanol–water partition coefficient (Wildman–Crippen LogP) is 3.87. The summed E-state index contributed by atoms with van der Waals surface area (Å²) in [6, 6.07) is 4.69. The van der Waals surface area contributed by atoms with Crippen LogP contribution in [0.25, 0.3) is 0 Å². The van der Waals surface area contributed by atoms with Gasteiger partial charge in [-0.2, -0.15) is 0 Å². The van der Waals surface area contributed by atoms with Crippen molar-refractivity contribution in [2.75, 3.05) is 19.5 Å². The summed E-state index contributed by atoms with van der Waals surface area (Å²) >= 11 is 0. The van der Waals surface area contributed by atoms with Crippen LogP contribution < -0.4 is 10.1 Å². The standard InChI is InChI=1S/C22H27N3O4/c1-21(2)9-10-22(3,4)18-17(21)23-12-15(24-18)19(26)25-14-11-13(20(27)29-6)7-8-16(14)28-5/h7-8,11-12H,9-10H2,1-6H3,(H,25,26). The quantitative estimate of drug-likeness (QED) is 0.788. The number of carbonyl (C=O) groups is 2. The summed E-state index contributed by atoms with van der Waals surface area (Å²) in [6.45, 7) is 8.55. The van der Waals surface area contributed by atoms with Gasteiger partial charge in [-0.3, -0.25) is 9.78 Å². The molecule has 0 spiro atoms. The average molecular weight is 397 g/mol. The molecule has 29 heavy (non-hydrogen) atoms. The van der Waals surface area contributed by atoms with Crippen LogP contribution in [0.4, 0.5) is 5.69 Å². The van der Waals surface area contributed by atoms with Crippen molar-refractivity contribution in [3.63, 3.8) is 0 Å². The van der Waals surface area contributed by atoms with Crippen LogP contribution >= 0.6 is 0 Å². The molecule has 0 fully saturated rings. The highest BCUT2D eigenvalue weighted by Crippen LogP contribution is 2.43. The van der Waals surface area contributed by atoms with E-state index in [2.05, 4.69) is 43.0 Å². The molecule has 0 saturated heterocycles. The van der Waals surface area contributed by atoms with E-state index >= 15 is 0 Å². The fourth-order valence-corrected chi connectivity index (χ4v) is 3.56. The lowest BCUT2D eigenvalue weighted by Crippen LogP contribution is -2.36. The van der Waals surface area contributed by atoms with Gasteiger partial charge in [0.1, 0.15) is 11.4 Å². The van der Waals surface area contributed by atoms with Gasteiger partial charge in [0, 0.05) is 10.8 Å². The molecule has 3 rings (SSSR count). The zero-order valence-corrected chi connectivity index (χ0v) is 17.8. The third-order valence-corrected chi connectivity index (χ3v) is 5.53. The summed E-state index contributed by atoms with van der Waals surface area (Å²) in [5.41, 5.74) is 2.46. The Balaban J connectivity index is 1.96. The van der Waals surface area contributed by atoms with E-state index in [0.29, 0.717) is 17.0 Å². The molecule has 0 radical (unpaired) electrons. The molecule has 1 amide bonds. The summed E-state index contributed by atoms with van der Waals surface area (Å²) in [6.07, 6.45) is 3.50. The Morgan fingerprint density at radius 1 is 1.03 bits per heavy atom. The molecule has 1 heterocycles. The van der Waals surface area contributed by atoms with E-state index in [1.807, 2.05) is 0 Å². The Hall–Kier alpha value is -2.96. The Bertz CT molecular complexity index is 967. The van der Waals surface area contributed by atoms with Gasteiger partial charge in [-0.25, -0.2) is 9.78 Å². The van der Waals surface area contributed by atoms with Crippen LogP contribution in [0.15, 0.2) is 24.4 Å². The van der Waals surface area contributed by atoms with E-state index in [9.17, 15) is 9.59 Å². The molecule has 0 saturated carbocycles. The Kier molecular flexibility index (Phi) is 5.34. The molecule has 7 nitrogen and oxygen atoms in total. The van der Waals surface area contributed by atoms with Gasteiger partial charge in [0.15, 0.2) is 0 Å². The van der Waals surface area contributed by atoms with Crippen molar-refractivity contribution in [1.29, 1.82) is 0 Å². The molecule has 154 valence electrons. The number of nitrogens with one attached hydrogen (secondary N) is 1. The van der Waals surface area contributed by atoms with Crippen LogP contribution in [0.3, 0.4) is 0 Å². The number of hydrogen-bond donors (Lipinski definition) is 1. The molecule has 0 bridgehead atoms. The highest BCUT2D eigenvalue weighted by Gasteiger charge is 2.40. The minimum atomic E-state index is -0.499. The first kappa shape index (κ1) is 20.8. The van der Waals surface area contributed by atoms with E-state index < -0.39 is 11.9 Å². The summed E-state index contributed by atoms with van der Waals surface area (Å²) in [5.74, 6) is -0.487. The Labute approximate surface area is 170 Å². The fraction of sp³-hybridized carbons (Fsp3) is 0.455. The van der Waals surface area contributed by atoms with Crippen molar-refractivity contribution in [3.05, 3.63) is 47.0 Å². The number of ether oxygens (including phenoxy) is 2. The smallest absolute Gasteiger partial charge is 0.337 e. The third kappa shape index (κ3) is 3.95. The van der Waals surface area contributed by atoms with E-state index in [4.69, 9.17) is 9.47 Å². The number of rotatable bonds is 4. The predicted molar refractivity (Wildman–Crippen MR) is 110 cm³/mol. The van der Waals surface area contributed by atoms with E-state index in [-0.39, 0.29) is 16.5 Å². The summed E-state index contributed by atoms with van der Waals surface area (Å²) in [4.78, 5) is 34.0. The first-order valence-electron chi connectivity index (χ1n) is 9.55. The van der Waals surface area contributed by atoms with Crippen LogP contribution in [0.1, 0.15) is 72.8 Å². The SMILES string of the molecule is COC(=O)c1ccc(OC)c(NC(=O)c2cnc3c(n2)C(C)(C)CCC3(C)C)c1. The number of hydrogen-bond acceptors (Lipinski definition) is 6. The Morgan fingerprint density at radius 2 is 1.69 bits per heavy atom. The van der Waals surface area contributed by atoms with Crippen molar-refractivity contribution in [2.45, 2.75) is 51.4 Å². The maximum Gasteiger partial charge on any atom is 0.337 e. The second-order valence-corrected chi connectivity index (χ2v) is 8.58. The molecular weight excluding hydrogens is 370 g/mol. The molecule has 1 aromatic carbocycles. The minimum absolute atomic E-state index is 0.0784. The van der Waals surface area contributed by atoms with Gasteiger partial charge in [-0.1, -0.05) is 27.7 Å². The minimum Gasteiger partial charge on any atom is -0.495 e. The number of fused-ring (bicyclic) bond motifs is 1. The molecule has 0 unspecified atom stereocenters. The number of anilines is 1. The lowest BCUT2D eigenvalue weighted by Gasteiger charge is -2.39. The van der Waals surface area contributed by atoms with Gasteiger partial charge in [0.25, 0.3) is 5.91 Å². The number of aromatic nitrogens is 2. The zero-order chi connectivity index (χ0) is 21.4. The van der Waals surface area contributed by atoms with Gasteiger partial charge >= 0.3 is 5.97 Å². The van der Waals surface area contributed by atoms with Crippen LogP contribution in [0.2, 0.25) is 0 Å². The van der Waals surface area contributed by atoms with E-state index in [0.717, 1.165) is 24.2 Å². The highest BCUT2D eigenvalue weighted by molar-refractivity contribution is 6.04. The molecular formula is C22H27N3O4. The first-order valence-corrected chi connectivity index (χ1v) is 9.55. The molecule has 2 aromatic rings. The zero-order valence-electron chi connectivity index (χ0n) is 17.8. The van der Waals surface area contributed by atoms with Crippen molar-refractivity contribution in [2.24, 2.45) is 0 Å². The first-order chi connectivity index (χ1) is 13.6. The number of esters is 1. The second-order valence-electron chi connectivity index (χ2n) is 8.58. The van der Waals surface area contributed by atoms with Crippen LogP contribution in [-0.2, 0) is 15.6 Å². The normalized spacial score (nSPS) is 16.5. The van der Waals surface area contributed by atoms with Crippen molar-refractivity contribution in [1.82, 2.24) is 9.97 Å². The fourth-order valence-electron chi connectivity index (χ4n) is 3.56. The second kappa shape index (κ2) is 7.46.